The van der Waals surface area contributed by atoms with E-state index in [4.69, 9.17) is 17.3 Å². The van der Waals surface area contributed by atoms with E-state index in [1.165, 1.54) is 6.07 Å². The molecule has 3 N–H and O–H groups in total. The molecular weight excluding hydrogens is 230 g/mol. The number of aryl methyl sites for hydroxylation is 1. The number of nitrogens with zero attached hydrogens (tertiary/aromatic N) is 1. The minimum atomic E-state index is -0.436. The second-order valence-corrected chi connectivity index (χ2v) is 3.96. The van der Waals surface area contributed by atoms with Gasteiger partial charge in [0.05, 0.1) is 22.9 Å². The Hall–Kier alpha value is -1.75. The molecule has 84 valence electrons. The van der Waals surface area contributed by atoms with Crippen LogP contribution in [0.4, 0.5) is 16.2 Å². The topological polar surface area (TPSA) is 75.4 Å². The molecule has 0 bridgehead atoms. The molecule has 0 saturated carbocycles. The summed E-state index contributed by atoms with van der Waals surface area (Å²) in [4.78, 5) is 24.0. The second kappa shape index (κ2) is 3.68. The van der Waals surface area contributed by atoms with E-state index in [2.05, 4.69) is 5.32 Å². The van der Waals surface area contributed by atoms with Crippen LogP contribution in [-0.2, 0) is 4.79 Å². The van der Waals surface area contributed by atoms with Crippen molar-refractivity contribution in [3.63, 3.8) is 0 Å². The van der Waals surface area contributed by atoms with Gasteiger partial charge in [0, 0.05) is 0 Å². The molecule has 1 aromatic carbocycles. The minimum Gasteiger partial charge on any atom is -0.398 e. The van der Waals surface area contributed by atoms with Crippen molar-refractivity contribution in [3.8, 4) is 0 Å². The normalized spacial score (nSPS) is 15.5. The summed E-state index contributed by atoms with van der Waals surface area (Å²) in [6, 6.07) is 2.72. The van der Waals surface area contributed by atoms with Gasteiger partial charge in [-0.2, -0.15) is 0 Å². The van der Waals surface area contributed by atoms with Crippen molar-refractivity contribution in [3.05, 3.63) is 22.7 Å². The lowest BCUT2D eigenvalue weighted by atomic mass is 10.1. The summed E-state index contributed by atoms with van der Waals surface area (Å²) in [5.41, 5.74) is 7.25. The number of carbonyl (C=O) groups excluding carboxylic acids is 2. The number of benzene rings is 1. The van der Waals surface area contributed by atoms with E-state index in [0.717, 1.165) is 10.5 Å². The predicted octanol–water partition coefficient (Wildman–Crippen LogP) is 1.29. The Kier molecular flexibility index (Phi) is 2.47. The van der Waals surface area contributed by atoms with Crippen molar-refractivity contribution < 1.29 is 9.59 Å². The number of nitrogens with one attached hydrogen (secondary N) is 1. The first-order valence-corrected chi connectivity index (χ1v) is 5.05. The molecule has 1 fully saturated rings. The van der Waals surface area contributed by atoms with Gasteiger partial charge in [-0.15, -0.1) is 0 Å². The molecule has 0 unspecified atom stereocenters. The third-order valence-corrected chi connectivity index (χ3v) is 2.73. The quantitative estimate of drug-likeness (QED) is 0.573. The molecule has 1 heterocycles. The number of imide groups is 1. The average Bonchev–Trinajstić information content (AvgIpc) is 2.53. The zero-order valence-electron chi connectivity index (χ0n) is 8.58. The third kappa shape index (κ3) is 1.59. The average molecular weight is 240 g/mol. The van der Waals surface area contributed by atoms with E-state index in [0.29, 0.717) is 16.4 Å². The van der Waals surface area contributed by atoms with E-state index in [1.54, 1.807) is 13.0 Å². The summed E-state index contributed by atoms with van der Waals surface area (Å²) < 4.78 is 0. The standard InChI is InChI=1S/C10H10ClN3O2/c1-5-2-7(12)6(11)3-8(5)14-9(15)4-13-10(14)16/h2-3H,4,12H2,1H3,(H,13,16). The first kappa shape index (κ1) is 10.8. The Morgan fingerprint density at radius 2 is 2.12 bits per heavy atom. The monoisotopic (exact) mass is 239 g/mol. The van der Waals surface area contributed by atoms with Gasteiger partial charge in [0.2, 0.25) is 0 Å². The van der Waals surface area contributed by atoms with Crippen molar-refractivity contribution in [2.24, 2.45) is 0 Å². The van der Waals surface area contributed by atoms with Crippen LogP contribution in [0.5, 0.6) is 0 Å². The molecule has 0 aromatic heterocycles. The molecule has 2 rings (SSSR count). The molecule has 16 heavy (non-hydrogen) atoms. The Morgan fingerprint density at radius 1 is 1.44 bits per heavy atom. The van der Waals surface area contributed by atoms with E-state index in [1.807, 2.05) is 0 Å². The van der Waals surface area contributed by atoms with Crippen molar-refractivity contribution >= 4 is 34.9 Å². The zero-order valence-corrected chi connectivity index (χ0v) is 9.34. The van der Waals surface area contributed by atoms with Gasteiger partial charge in [-0.1, -0.05) is 11.6 Å². The lowest BCUT2D eigenvalue weighted by Crippen LogP contribution is -2.31. The van der Waals surface area contributed by atoms with E-state index >= 15 is 0 Å². The van der Waals surface area contributed by atoms with Gasteiger partial charge in [-0.3, -0.25) is 4.79 Å². The summed E-state index contributed by atoms with van der Waals surface area (Å²) >= 11 is 5.86. The van der Waals surface area contributed by atoms with Crippen LogP contribution in [0.3, 0.4) is 0 Å². The fraction of sp³-hybridized carbons (Fsp3) is 0.200. The second-order valence-electron chi connectivity index (χ2n) is 3.55. The van der Waals surface area contributed by atoms with Crippen LogP contribution in [0.1, 0.15) is 5.56 Å². The number of hydrogen-bond acceptors (Lipinski definition) is 3. The maximum Gasteiger partial charge on any atom is 0.329 e. The molecule has 0 spiro atoms. The summed E-state index contributed by atoms with van der Waals surface area (Å²) in [6.07, 6.45) is 0. The SMILES string of the molecule is Cc1cc(N)c(Cl)cc1N1C(=O)CNC1=O. The molecule has 0 atom stereocenters. The lowest BCUT2D eigenvalue weighted by Gasteiger charge is -2.16. The predicted molar refractivity (Wildman–Crippen MR) is 61.5 cm³/mol. The molecule has 1 aromatic rings. The number of nitrogens with two attached hydrogens (primary N) is 1. The van der Waals surface area contributed by atoms with Crippen LogP contribution in [0.25, 0.3) is 0 Å². The molecule has 6 heteroatoms. The minimum absolute atomic E-state index is 0.0142. The molecule has 0 radical (unpaired) electrons. The maximum absolute atomic E-state index is 11.5. The number of anilines is 2. The highest BCUT2D eigenvalue weighted by Gasteiger charge is 2.31. The van der Waals surface area contributed by atoms with Gasteiger partial charge in [-0.25, -0.2) is 9.69 Å². The molecule has 3 amide bonds. The first-order chi connectivity index (χ1) is 7.50. The molecule has 1 aliphatic heterocycles. The van der Waals surface area contributed by atoms with Crippen molar-refractivity contribution in [2.45, 2.75) is 6.92 Å². The van der Waals surface area contributed by atoms with E-state index in [-0.39, 0.29) is 12.5 Å². The van der Waals surface area contributed by atoms with Crippen molar-refractivity contribution in [1.82, 2.24) is 5.32 Å². The molecule has 1 aliphatic rings. The highest BCUT2D eigenvalue weighted by Crippen LogP contribution is 2.30. The van der Waals surface area contributed by atoms with E-state index < -0.39 is 6.03 Å². The summed E-state index contributed by atoms with van der Waals surface area (Å²) in [5.74, 6) is -0.297. The molecular formula is C10H10ClN3O2. The number of urea groups is 1. The van der Waals surface area contributed by atoms with Crippen LogP contribution in [0.2, 0.25) is 5.02 Å². The lowest BCUT2D eigenvalue weighted by molar-refractivity contribution is -0.115. The van der Waals surface area contributed by atoms with Crippen LogP contribution >= 0.6 is 11.6 Å². The Balaban J connectivity index is 2.51. The smallest absolute Gasteiger partial charge is 0.329 e. The highest BCUT2D eigenvalue weighted by molar-refractivity contribution is 6.33. The number of hydrogen-bond donors (Lipinski definition) is 2. The number of halogens is 1. The molecule has 0 aliphatic carbocycles. The van der Waals surface area contributed by atoms with Gasteiger partial charge < -0.3 is 11.1 Å². The third-order valence-electron chi connectivity index (χ3n) is 2.40. The summed E-state index contributed by atoms with van der Waals surface area (Å²) in [7, 11) is 0. The van der Waals surface area contributed by atoms with Crippen molar-refractivity contribution in [2.75, 3.05) is 17.2 Å². The van der Waals surface area contributed by atoms with Crippen LogP contribution < -0.4 is 16.0 Å². The first-order valence-electron chi connectivity index (χ1n) is 4.67. The highest BCUT2D eigenvalue weighted by atomic mass is 35.5. The van der Waals surface area contributed by atoms with Gasteiger partial charge in [0.1, 0.15) is 0 Å². The van der Waals surface area contributed by atoms with Gasteiger partial charge in [-0.05, 0) is 24.6 Å². The number of carbonyl (C=O) groups is 2. The maximum atomic E-state index is 11.5. The van der Waals surface area contributed by atoms with Crippen LogP contribution in [-0.4, -0.2) is 18.5 Å². The fourth-order valence-corrected chi connectivity index (χ4v) is 1.76. The van der Waals surface area contributed by atoms with Crippen LogP contribution in [0.15, 0.2) is 12.1 Å². The van der Waals surface area contributed by atoms with E-state index in [9.17, 15) is 9.59 Å². The van der Waals surface area contributed by atoms with Gasteiger partial charge in [0.25, 0.3) is 5.91 Å². The Bertz CT molecular complexity index is 471. The largest absolute Gasteiger partial charge is 0.398 e. The summed E-state index contributed by atoms with van der Waals surface area (Å²) in [5, 5.41) is 2.77. The summed E-state index contributed by atoms with van der Waals surface area (Å²) in [6.45, 7) is 1.78. The molecule has 5 nitrogen and oxygen atoms in total. The number of amides is 3. The zero-order chi connectivity index (χ0) is 11.9. The molecule has 1 saturated heterocycles. The number of rotatable bonds is 1. The van der Waals surface area contributed by atoms with Gasteiger partial charge in [0.15, 0.2) is 0 Å². The Labute approximate surface area is 97.2 Å². The van der Waals surface area contributed by atoms with Crippen LogP contribution in [0, 0.1) is 6.92 Å². The Morgan fingerprint density at radius 3 is 2.69 bits per heavy atom. The fourth-order valence-electron chi connectivity index (χ4n) is 1.60. The van der Waals surface area contributed by atoms with Gasteiger partial charge >= 0.3 is 6.03 Å². The van der Waals surface area contributed by atoms with Crippen molar-refractivity contribution in [1.29, 1.82) is 0 Å². The number of nitrogen functional groups attached to an aromatic ring is 1.